The number of rotatable bonds is 5. The third kappa shape index (κ3) is 4.52. The summed E-state index contributed by atoms with van der Waals surface area (Å²) in [5, 5.41) is 4.43. The fraction of sp³-hybridized carbons (Fsp3) is 0. The smallest absolute Gasteiger partial charge is 0.164 e. The molecule has 0 aliphatic heterocycles. The Balaban J connectivity index is 1.20. The number of hydrogen-bond acceptors (Lipinski definition) is 4. The van der Waals surface area contributed by atoms with Crippen molar-refractivity contribution in [3.05, 3.63) is 170 Å². The number of nitrogens with zero attached hydrogens (tertiary/aromatic N) is 4. The maximum absolute atomic E-state index is 6.54. The lowest BCUT2D eigenvalue weighted by Gasteiger charge is -2.10. The molecule has 7 aromatic carbocycles. The molecule has 5 nitrogen and oxygen atoms in total. The molecule has 0 bridgehead atoms. The molecule has 10 rings (SSSR count). The van der Waals surface area contributed by atoms with Gasteiger partial charge in [-0.3, -0.25) is 0 Å². The summed E-state index contributed by atoms with van der Waals surface area (Å²) in [5.74, 6) is 1.91. The zero-order chi connectivity index (χ0) is 33.0. The number of furan rings is 1. The van der Waals surface area contributed by atoms with Crippen molar-refractivity contribution in [3.63, 3.8) is 0 Å². The van der Waals surface area contributed by atoms with Crippen LogP contribution in [0, 0.1) is 0 Å². The first-order valence-corrected chi connectivity index (χ1v) is 16.7. The molecule has 0 aliphatic rings. The van der Waals surface area contributed by atoms with Gasteiger partial charge in [0.05, 0.1) is 11.0 Å². The third-order valence-electron chi connectivity index (χ3n) is 9.46. The summed E-state index contributed by atoms with van der Waals surface area (Å²) < 4.78 is 8.86. The topological polar surface area (TPSA) is 56.7 Å². The number of para-hydroxylation sites is 1. The molecule has 234 valence electrons. The van der Waals surface area contributed by atoms with Crippen LogP contribution in [-0.4, -0.2) is 19.5 Å². The predicted molar refractivity (Wildman–Crippen MR) is 203 cm³/mol. The highest BCUT2D eigenvalue weighted by atomic mass is 16.3. The SMILES string of the molecule is c1ccc(-c2nc(-c3ccccc3)nc(-c3cccc4c3c3ccccc3n4-c3ccc4c(c3)oc3cccc(-c5ccccc5)c34)n2)cc1. The maximum Gasteiger partial charge on any atom is 0.164 e. The minimum atomic E-state index is 0.632. The number of fused-ring (bicyclic) bond motifs is 6. The van der Waals surface area contributed by atoms with Gasteiger partial charge in [-0.1, -0.05) is 133 Å². The molecular formula is C45H28N4O. The highest BCUT2D eigenvalue weighted by molar-refractivity contribution is 6.16. The largest absolute Gasteiger partial charge is 0.456 e. The third-order valence-corrected chi connectivity index (χ3v) is 9.46. The van der Waals surface area contributed by atoms with Gasteiger partial charge in [-0.2, -0.15) is 0 Å². The molecule has 3 heterocycles. The Bertz CT molecular complexity index is 2800. The van der Waals surface area contributed by atoms with Crippen molar-refractivity contribution in [2.45, 2.75) is 0 Å². The minimum Gasteiger partial charge on any atom is -0.456 e. The molecule has 0 saturated heterocycles. The van der Waals surface area contributed by atoms with E-state index in [-0.39, 0.29) is 0 Å². The Morgan fingerprint density at radius 1 is 0.380 bits per heavy atom. The monoisotopic (exact) mass is 640 g/mol. The first-order chi connectivity index (χ1) is 24.8. The van der Waals surface area contributed by atoms with Crippen molar-refractivity contribution < 1.29 is 4.42 Å². The molecule has 0 amide bonds. The summed E-state index contributed by atoms with van der Waals surface area (Å²) in [5.41, 5.74) is 10.1. The van der Waals surface area contributed by atoms with E-state index >= 15 is 0 Å². The lowest BCUT2D eigenvalue weighted by molar-refractivity contribution is 0.668. The lowest BCUT2D eigenvalue weighted by atomic mass is 9.99. The van der Waals surface area contributed by atoms with E-state index in [0.29, 0.717) is 17.5 Å². The van der Waals surface area contributed by atoms with Crippen molar-refractivity contribution in [2.24, 2.45) is 0 Å². The molecule has 0 saturated carbocycles. The van der Waals surface area contributed by atoms with Crippen LogP contribution in [0.4, 0.5) is 0 Å². The van der Waals surface area contributed by atoms with E-state index in [9.17, 15) is 0 Å². The second kappa shape index (κ2) is 11.4. The quantitative estimate of drug-likeness (QED) is 0.188. The zero-order valence-electron chi connectivity index (χ0n) is 26.9. The van der Waals surface area contributed by atoms with Gasteiger partial charge >= 0.3 is 0 Å². The van der Waals surface area contributed by atoms with Crippen LogP contribution in [-0.2, 0) is 0 Å². The number of hydrogen-bond donors (Lipinski definition) is 0. The molecule has 0 fully saturated rings. The molecule has 0 radical (unpaired) electrons. The van der Waals surface area contributed by atoms with Gasteiger partial charge in [0, 0.05) is 50.0 Å². The second-order valence-corrected chi connectivity index (χ2v) is 12.4. The molecule has 0 aliphatic carbocycles. The van der Waals surface area contributed by atoms with Crippen molar-refractivity contribution in [1.29, 1.82) is 0 Å². The summed E-state index contributed by atoms with van der Waals surface area (Å²) in [6, 6.07) is 58.5. The molecule has 10 aromatic rings. The van der Waals surface area contributed by atoms with E-state index in [1.54, 1.807) is 0 Å². The number of benzene rings is 7. The lowest BCUT2D eigenvalue weighted by Crippen LogP contribution is -2.00. The first-order valence-electron chi connectivity index (χ1n) is 16.7. The molecule has 3 aromatic heterocycles. The van der Waals surface area contributed by atoms with Crippen LogP contribution in [0.5, 0.6) is 0 Å². The van der Waals surface area contributed by atoms with Crippen LogP contribution in [0.2, 0.25) is 0 Å². The van der Waals surface area contributed by atoms with E-state index in [1.165, 1.54) is 11.1 Å². The molecule has 0 N–H and O–H groups in total. The Kier molecular flexibility index (Phi) is 6.42. The molecule has 0 atom stereocenters. The van der Waals surface area contributed by atoms with Gasteiger partial charge in [-0.05, 0) is 41.5 Å². The molecule has 50 heavy (non-hydrogen) atoms. The zero-order valence-corrected chi connectivity index (χ0v) is 26.9. The molecule has 5 heteroatoms. The van der Waals surface area contributed by atoms with Crippen LogP contribution < -0.4 is 0 Å². The van der Waals surface area contributed by atoms with E-state index < -0.39 is 0 Å². The van der Waals surface area contributed by atoms with Gasteiger partial charge in [0.1, 0.15) is 11.2 Å². The van der Waals surface area contributed by atoms with Gasteiger partial charge < -0.3 is 8.98 Å². The summed E-state index contributed by atoms with van der Waals surface area (Å²) >= 11 is 0. The fourth-order valence-electron chi connectivity index (χ4n) is 7.22. The van der Waals surface area contributed by atoms with Crippen molar-refractivity contribution in [2.75, 3.05) is 0 Å². The van der Waals surface area contributed by atoms with Crippen LogP contribution in [0.1, 0.15) is 0 Å². The Morgan fingerprint density at radius 2 is 0.960 bits per heavy atom. The standard InChI is InChI=1S/C45H28N4O/c1-4-14-29(15-5-1)33-21-13-25-39-42(33)35-27-26-32(28-40(35)50-39)49-37-23-11-10-20-34(37)41-36(22-12-24-38(41)49)45-47-43(30-16-6-2-7-17-30)46-44(48-45)31-18-8-3-9-19-31/h1-28H. The molecular weight excluding hydrogens is 613 g/mol. The van der Waals surface area contributed by atoms with Gasteiger partial charge in [-0.15, -0.1) is 0 Å². The Hall–Kier alpha value is -6.85. The van der Waals surface area contributed by atoms with Gasteiger partial charge in [0.15, 0.2) is 17.5 Å². The average Bonchev–Trinajstić information content (AvgIpc) is 3.74. The van der Waals surface area contributed by atoms with Crippen LogP contribution in [0.3, 0.4) is 0 Å². The molecule has 0 unspecified atom stereocenters. The molecule has 0 spiro atoms. The van der Waals surface area contributed by atoms with Crippen LogP contribution in [0.25, 0.3) is 94.7 Å². The second-order valence-electron chi connectivity index (χ2n) is 12.4. The normalized spacial score (nSPS) is 11.6. The fourth-order valence-corrected chi connectivity index (χ4v) is 7.22. The van der Waals surface area contributed by atoms with Gasteiger partial charge in [0.25, 0.3) is 0 Å². The minimum absolute atomic E-state index is 0.632. The Morgan fingerprint density at radius 3 is 1.68 bits per heavy atom. The van der Waals surface area contributed by atoms with Gasteiger partial charge in [0.2, 0.25) is 0 Å². The first kappa shape index (κ1) is 28.2. The highest BCUT2D eigenvalue weighted by Gasteiger charge is 2.20. The van der Waals surface area contributed by atoms with Crippen LogP contribution in [0.15, 0.2) is 174 Å². The average molecular weight is 641 g/mol. The van der Waals surface area contributed by atoms with E-state index in [1.807, 2.05) is 66.7 Å². The summed E-state index contributed by atoms with van der Waals surface area (Å²) in [4.78, 5) is 15.1. The van der Waals surface area contributed by atoms with Crippen molar-refractivity contribution in [1.82, 2.24) is 19.5 Å². The van der Waals surface area contributed by atoms with E-state index in [4.69, 9.17) is 19.4 Å². The van der Waals surface area contributed by atoms with Crippen LogP contribution >= 0.6 is 0 Å². The van der Waals surface area contributed by atoms with E-state index in [2.05, 4.69) is 108 Å². The summed E-state index contributed by atoms with van der Waals surface area (Å²) in [6.07, 6.45) is 0. The van der Waals surface area contributed by atoms with Crippen molar-refractivity contribution >= 4 is 43.7 Å². The van der Waals surface area contributed by atoms with E-state index in [0.717, 1.165) is 66.1 Å². The number of aromatic nitrogens is 4. The predicted octanol–water partition coefficient (Wildman–Crippen LogP) is 11.5. The van der Waals surface area contributed by atoms with Crippen molar-refractivity contribution in [3.8, 4) is 51.0 Å². The van der Waals surface area contributed by atoms with Gasteiger partial charge in [-0.25, -0.2) is 15.0 Å². The Labute approximate surface area is 287 Å². The summed E-state index contributed by atoms with van der Waals surface area (Å²) in [7, 11) is 0. The summed E-state index contributed by atoms with van der Waals surface area (Å²) in [6.45, 7) is 0. The maximum atomic E-state index is 6.54. The highest BCUT2D eigenvalue weighted by Crippen LogP contribution is 2.41.